The minimum Gasteiger partial charge on any atom is -0.389 e. The Morgan fingerprint density at radius 3 is 1.48 bits per heavy atom. The summed E-state index contributed by atoms with van der Waals surface area (Å²) in [6.45, 7) is 3.11. The Hall–Kier alpha value is 0.850. The molecule has 3 aliphatic rings. The Balaban J connectivity index is -0.00000480. The highest BCUT2D eigenvalue weighted by Gasteiger charge is 2.51. The predicted octanol–water partition coefficient (Wildman–Crippen LogP) is 0.116. The molecule has 0 radical (unpaired) electrons. The monoisotopic (exact) mass is 859 g/mol. The summed E-state index contributed by atoms with van der Waals surface area (Å²) in [5, 5.41) is 66.8. The lowest BCUT2D eigenvalue weighted by Gasteiger charge is -2.48. The molecule has 318 valence electrons. The molecule has 1 aliphatic carbocycles. The molecule has 0 unspecified atom stereocenters. The zero-order chi connectivity index (χ0) is 34.5. The van der Waals surface area contributed by atoms with E-state index >= 15 is 0 Å². The fourth-order valence-electron chi connectivity index (χ4n) is 6.75. The third-order valence-electron chi connectivity index (χ3n) is 9.85. The summed E-state index contributed by atoms with van der Waals surface area (Å²) in [6, 6.07) is -2.68. The molecule has 0 amide bonds. The first-order valence-electron chi connectivity index (χ1n) is 17.9. The Labute approximate surface area is 340 Å². The lowest BCUT2D eigenvalue weighted by molar-refractivity contribution is -0.330. The van der Waals surface area contributed by atoms with Gasteiger partial charge >= 0.3 is 0 Å². The van der Waals surface area contributed by atoms with Crippen LogP contribution in [0.4, 0.5) is 0 Å². The molecule has 2 heterocycles. The second-order valence-corrected chi connectivity index (χ2v) is 13.7. The van der Waals surface area contributed by atoms with Crippen molar-refractivity contribution in [3.05, 3.63) is 0 Å². The second kappa shape index (κ2) is 30.0. The van der Waals surface area contributed by atoms with Crippen LogP contribution in [0, 0.1) is 0 Å². The fourth-order valence-corrected chi connectivity index (χ4v) is 6.75. The first-order valence-corrected chi connectivity index (χ1v) is 17.9. The number of nitrogens with one attached hydrogen (secondary N) is 1. The fraction of sp³-hybridized carbons (Fsp3) is 1.00. The standard InChI is InChI=1S/C32H65N5O10.5ClH/c1-2-3-4-5-6-7-8-9-10-11-12-13-14-37-17-21-23(38)22(36)25(40)31(45-21)46-29-18(34)15-19(35)30(28(29)43)47-32-27(42)26(41)24(39)20(16-33)44-32;;;;;/h18-32,37-43H,2-17,33-36H2,1H3;5*1H/t18-,19+,20-,21-,22+,23-,24-,25-,26+,27-,28-,29+,30-,31-,32-;;;;;/m1...../s1. The Kier molecular flexibility index (Phi) is 33.0. The van der Waals surface area contributed by atoms with Crippen molar-refractivity contribution >= 4 is 62.0 Å². The minimum absolute atomic E-state index is 0. The van der Waals surface area contributed by atoms with Crippen LogP contribution in [0.25, 0.3) is 0 Å². The Morgan fingerprint density at radius 2 is 1.00 bits per heavy atom. The molecular weight excluding hydrogens is 792 g/mol. The number of rotatable bonds is 20. The van der Waals surface area contributed by atoms with Crippen LogP contribution in [0.5, 0.6) is 0 Å². The molecule has 3 fully saturated rings. The summed E-state index contributed by atoms with van der Waals surface area (Å²) in [7, 11) is 0. The number of hydrogen-bond acceptors (Lipinski definition) is 15. The number of hydrogen-bond donors (Lipinski definition) is 11. The maximum atomic E-state index is 11.3. The quantitative estimate of drug-likeness (QED) is 0.0726. The molecule has 52 heavy (non-hydrogen) atoms. The topological polar surface area (TPSA) is 274 Å². The SMILES string of the molecule is CCCCCCCCCCCCCCNC[C@H]1O[C@H](O[C@@H]2[C@@H](O)[C@H](O[C@H]3O[C@H](CN)[C@@H](O)[C@H](O)[C@H]3O)[C@@H](N)C[C@H]2N)[C@H](O)[C@@H](N)[C@@H]1O.Cl.Cl.Cl.Cl.Cl. The van der Waals surface area contributed by atoms with Crippen molar-refractivity contribution in [1.29, 1.82) is 0 Å². The molecule has 0 aromatic heterocycles. The van der Waals surface area contributed by atoms with Gasteiger partial charge < -0.3 is 77.8 Å². The smallest absolute Gasteiger partial charge is 0.187 e. The summed E-state index contributed by atoms with van der Waals surface area (Å²) in [4.78, 5) is 0. The van der Waals surface area contributed by atoms with Crippen molar-refractivity contribution in [3.63, 3.8) is 0 Å². The van der Waals surface area contributed by atoms with E-state index < -0.39 is 91.7 Å². The Bertz CT molecular complexity index is 876. The third kappa shape index (κ3) is 16.8. The average molecular weight is 862 g/mol. The molecule has 0 aromatic rings. The van der Waals surface area contributed by atoms with Crippen molar-refractivity contribution < 1.29 is 49.6 Å². The van der Waals surface area contributed by atoms with E-state index in [9.17, 15) is 30.6 Å². The van der Waals surface area contributed by atoms with Gasteiger partial charge in [0.25, 0.3) is 0 Å². The van der Waals surface area contributed by atoms with Gasteiger partial charge in [-0.1, -0.05) is 77.6 Å². The molecule has 1 saturated carbocycles. The van der Waals surface area contributed by atoms with Crippen molar-refractivity contribution in [1.82, 2.24) is 5.32 Å². The van der Waals surface area contributed by atoms with Crippen LogP contribution >= 0.6 is 62.0 Å². The molecule has 15 nitrogen and oxygen atoms in total. The molecule has 2 aliphatic heterocycles. The molecule has 0 bridgehead atoms. The van der Waals surface area contributed by atoms with Gasteiger partial charge in [-0.15, -0.1) is 62.0 Å². The van der Waals surface area contributed by atoms with E-state index in [4.69, 9.17) is 41.9 Å². The van der Waals surface area contributed by atoms with Crippen molar-refractivity contribution in [2.45, 2.75) is 182 Å². The van der Waals surface area contributed by atoms with E-state index in [1.54, 1.807) is 0 Å². The van der Waals surface area contributed by atoms with Gasteiger partial charge in [-0.25, -0.2) is 0 Å². The van der Waals surface area contributed by atoms with E-state index in [1.165, 1.54) is 64.2 Å². The molecule has 20 heteroatoms. The lowest BCUT2D eigenvalue weighted by atomic mass is 9.84. The highest BCUT2D eigenvalue weighted by Crippen LogP contribution is 2.31. The van der Waals surface area contributed by atoms with Gasteiger partial charge in [0.1, 0.15) is 54.9 Å². The van der Waals surface area contributed by atoms with Crippen molar-refractivity contribution in [2.75, 3.05) is 19.6 Å². The van der Waals surface area contributed by atoms with Crippen LogP contribution in [-0.2, 0) is 18.9 Å². The van der Waals surface area contributed by atoms with E-state index in [0.29, 0.717) is 0 Å². The van der Waals surface area contributed by atoms with Gasteiger partial charge in [0.05, 0.1) is 12.1 Å². The van der Waals surface area contributed by atoms with E-state index in [1.807, 2.05) is 0 Å². The highest BCUT2D eigenvalue weighted by atomic mass is 35.5. The summed E-state index contributed by atoms with van der Waals surface area (Å²) in [5.41, 5.74) is 24.3. The normalized spacial score (nSPS) is 37.3. The van der Waals surface area contributed by atoms with E-state index in [2.05, 4.69) is 12.2 Å². The van der Waals surface area contributed by atoms with Crippen LogP contribution in [0.3, 0.4) is 0 Å². The first kappa shape index (κ1) is 57.2. The molecular formula is C32H70Cl5N5O10. The molecule has 0 aromatic carbocycles. The van der Waals surface area contributed by atoms with Crippen LogP contribution in [0.15, 0.2) is 0 Å². The Morgan fingerprint density at radius 1 is 0.558 bits per heavy atom. The van der Waals surface area contributed by atoms with E-state index in [0.717, 1.165) is 19.4 Å². The number of halogens is 5. The number of nitrogens with two attached hydrogens (primary N) is 4. The van der Waals surface area contributed by atoms with E-state index in [-0.39, 0.29) is 81.5 Å². The maximum absolute atomic E-state index is 11.3. The zero-order valence-corrected chi connectivity index (χ0v) is 34.2. The van der Waals surface area contributed by atoms with Crippen molar-refractivity contribution in [3.8, 4) is 0 Å². The number of unbranched alkanes of at least 4 members (excludes halogenated alkanes) is 11. The van der Waals surface area contributed by atoms with Gasteiger partial charge in [-0.2, -0.15) is 0 Å². The molecule has 15 N–H and O–H groups in total. The van der Waals surface area contributed by atoms with Crippen LogP contribution in [0.1, 0.15) is 90.4 Å². The zero-order valence-electron chi connectivity index (χ0n) is 30.1. The van der Waals surface area contributed by atoms with Gasteiger partial charge in [0, 0.05) is 25.2 Å². The van der Waals surface area contributed by atoms with Crippen molar-refractivity contribution in [2.24, 2.45) is 22.9 Å². The largest absolute Gasteiger partial charge is 0.389 e. The van der Waals surface area contributed by atoms with Gasteiger partial charge in [-0.3, -0.25) is 0 Å². The molecule has 2 saturated heterocycles. The lowest BCUT2D eigenvalue weighted by Crippen LogP contribution is -2.68. The molecule has 0 spiro atoms. The van der Waals surface area contributed by atoms with Crippen LogP contribution in [-0.4, -0.2) is 142 Å². The highest BCUT2D eigenvalue weighted by molar-refractivity contribution is 5.86. The third-order valence-corrected chi connectivity index (χ3v) is 9.85. The average Bonchev–Trinajstić information content (AvgIpc) is 3.05. The van der Waals surface area contributed by atoms with Crippen LogP contribution in [0.2, 0.25) is 0 Å². The predicted molar refractivity (Wildman–Crippen MR) is 211 cm³/mol. The maximum Gasteiger partial charge on any atom is 0.187 e. The van der Waals surface area contributed by atoms with Crippen LogP contribution < -0.4 is 28.3 Å². The number of aliphatic hydroxyl groups excluding tert-OH is 6. The van der Waals surface area contributed by atoms with Gasteiger partial charge in [0.15, 0.2) is 12.6 Å². The van der Waals surface area contributed by atoms with Gasteiger partial charge in [-0.05, 0) is 19.4 Å². The molecule has 3 rings (SSSR count). The number of aliphatic hydroxyl groups is 6. The summed E-state index contributed by atoms with van der Waals surface area (Å²) < 4.78 is 23.3. The summed E-state index contributed by atoms with van der Waals surface area (Å²) in [6.07, 6.45) is -0.352. The summed E-state index contributed by atoms with van der Waals surface area (Å²) in [5.74, 6) is 0. The summed E-state index contributed by atoms with van der Waals surface area (Å²) >= 11 is 0. The number of ether oxygens (including phenoxy) is 4. The van der Waals surface area contributed by atoms with Gasteiger partial charge in [0.2, 0.25) is 0 Å². The molecule has 15 atom stereocenters. The first-order chi connectivity index (χ1) is 22.5. The minimum atomic E-state index is -1.65. The second-order valence-electron chi connectivity index (χ2n) is 13.7.